The van der Waals surface area contributed by atoms with Crippen LogP contribution in [-0.4, -0.2) is 61.4 Å². The van der Waals surface area contributed by atoms with Crippen LogP contribution < -0.4 is 0 Å². The van der Waals surface area contributed by atoms with Crippen molar-refractivity contribution in [1.29, 1.82) is 0 Å². The van der Waals surface area contributed by atoms with Crippen molar-refractivity contribution in [2.24, 2.45) is 0 Å². The van der Waals surface area contributed by atoms with Crippen LogP contribution in [0, 0.1) is 0 Å². The average Bonchev–Trinajstić information content (AvgIpc) is 2.51. The Hall–Kier alpha value is -2.42. The number of hydrogen-bond acceptors (Lipinski definition) is 7. The molecule has 1 aliphatic carbocycles. The van der Waals surface area contributed by atoms with E-state index in [1.54, 1.807) is 12.1 Å². The molecule has 1 aliphatic rings. The fourth-order valence-corrected chi connectivity index (χ4v) is 2.48. The zero-order valence-corrected chi connectivity index (χ0v) is 12.6. The van der Waals surface area contributed by atoms with Crippen LogP contribution in [0.5, 0.6) is 5.75 Å². The van der Waals surface area contributed by atoms with Crippen LogP contribution in [0.3, 0.4) is 0 Å². The van der Waals surface area contributed by atoms with Gasteiger partial charge < -0.3 is 30.3 Å². The summed E-state index contributed by atoms with van der Waals surface area (Å²) in [7, 11) is 0. The van der Waals surface area contributed by atoms with Crippen molar-refractivity contribution >= 4 is 18.0 Å². The van der Waals surface area contributed by atoms with E-state index in [2.05, 4.69) is 0 Å². The van der Waals surface area contributed by atoms with Gasteiger partial charge >= 0.3 is 11.9 Å². The van der Waals surface area contributed by atoms with Crippen molar-refractivity contribution in [3.05, 3.63) is 35.9 Å². The molecule has 0 bridgehead atoms. The monoisotopic (exact) mass is 338 g/mol. The molecule has 0 heterocycles. The van der Waals surface area contributed by atoms with Gasteiger partial charge in [0.25, 0.3) is 0 Å². The van der Waals surface area contributed by atoms with Gasteiger partial charge in [0.05, 0.1) is 6.10 Å². The van der Waals surface area contributed by atoms with Gasteiger partial charge in [-0.2, -0.15) is 0 Å². The number of phenolic OH excluding ortho intramolecular Hbond substituents is 1. The third-order valence-electron chi connectivity index (χ3n) is 3.83. The summed E-state index contributed by atoms with van der Waals surface area (Å²) in [6.07, 6.45) is -3.00. The minimum absolute atomic E-state index is 0.0713. The number of esters is 1. The molecular weight excluding hydrogens is 320 g/mol. The number of rotatable bonds is 4. The lowest BCUT2D eigenvalue weighted by molar-refractivity contribution is -0.196. The third kappa shape index (κ3) is 4.10. The molecular formula is C16H18O8. The first kappa shape index (κ1) is 17.9. The third-order valence-corrected chi connectivity index (χ3v) is 3.83. The molecule has 130 valence electrons. The van der Waals surface area contributed by atoms with Crippen LogP contribution in [-0.2, 0) is 14.3 Å². The van der Waals surface area contributed by atoms with Gasteiger partial charge in [-0.25, -0.2) is 9.59 Å². The highest BCUT2D eigenvalue weighted by Gasteiger charge is 2.50. The number of carbonyl (C=O) groups is 2. The predicted octanol–water partition coefficient (Wildman–Crippen LogP) is -0.352. The summed E-state index contributed by atoms with van der Waals surface area (Å²) in [6.45, 7) is 0. The Morgan fingerprint density at radius 1 is 1.17 bits per heavy atom. The van der Waals surface area contributed by atoms with Crippen LogP contribution in [0.25, 0.3) is 6.08 Å². The maximum atomic E-state index is 11.8. The number of hydrogen-bond donors (Lipinski definition) is 5. The van der Waals surface area contributed by atoms with E-state index >= 15 is 0 Å². The zero-order valence-electron chi connectivity index (χ0n) is 12.6. The number of aliphatic hydroxyl groups is 3. The predicted molar refractivity (Wildman–Crippen MR) is 80.9 cm³/mol. The number of carboxylic acids is 1. The fourth-order valence-electron chi connectivity index (χ4n) is 2.48. The highest BCUT2D eigenvalue weighted by Crippen LogP contribution is 2.31. The first-order valence-corrected chi connectivity index (χ1v) is 7.21. The maximum Gasteiger partial charge on any atom is 0.335 e. The van der Waals surface area contributed by atoms with Crippen molar-refractivity contribution in [1.82, 2.24) is 0 Å². The number of carboxylic acid groups (broad SMARTS) is 1. The van der Waals surface area contributed by atoms with Crippen LogP contribution in [0.2, 0.25) is 0 Å². The van der Waals surface area contributed by atoms with E-state index in [1.165, 1.54) is 18.2 Å². The molecule has 0 radical (unpaired) electrons. The van der Waals surface area contributed by atoms with Crippen molar-refractivity contribution in [3.8, 4) is 5.75 Å². The number of carbonyl (C=O) groups excluding carboxylic acids is 1. The van der Waals surface area contributed by atoms with Gasteiger partial charge in [-0.1, -0.05) is 12.1 Å². The Balaban J connectivity index is 2.03. The second-order valence-electron chi connectivity index (χ2n) is 5.70. The van der Waals surface area contributed by atoms with E-state index in [-0.39, 0.29) is 5.75 Å². The summed E-state index contributed by atoms with van der Waals surface area (Å²) in [5, 5.41) is 47.6. The molecule has 0 aliphatic heterocycles. The Kier molecular flexibility index (Phi) is 5.23. The Bertz CT molecular complexity index is 638. The lowest BCUT2D eigenvalue weighted by atomic mass is 9.79. The summed E-state index contributed by atoms with van der Waals surface area (Å²) in [4.78, 5) is 22.9. The fraction of sp³-hybridized carbons (Fsp3) is 0.375. The van der Waals surface area contributed by atoms with E-state index in [9.17, 15) is 24.9 Å². The molecule has 1 fully saturated rings. The highest BCUT2D eigenvalue weighted by atomic mass is 16.6. The zero-order chi connectivity index (χ0) is 17.9. The van der Waals surface area contributed by atoms with E-state index in [0.29, 0.717) is 5.56 Å². The van der Waals surface area contributed by atoms with Gasteiger partial charge in [-0.05, 0) is 23.8 Å². The smallest absolute Gasteiger partial charge is 0.335 e. The molecule has 0 aromatic heterocycles. The van der Waals surface area contributed by atoms with Gasteiger partial charge in [0, 0.05) is 18.9 Å². The Morgan fingerprint density at radius 2 is 1.79 bits per heavy atom. The number of aliphatic carboxylic acids is 1. The van der Waals surface area contributed by atoms with E-state index in [4.69, 9.17) is 14.9 Å². The molecule has 5 N–H and O–H groups in total. The number of ether oxygens (including phenoxy) is 1. The van der Waals surface area contributed by atoms with Crippen LogP contribution in [0.15, 0.2) is 30.3 Å². The van der Waals surface area contributed by atoms with Gasteiger partial charge in [0.15, 0.2) is 5.60 Å². The quantitative estimate of drug-likeness (QED) is 0.370. The van der Waals surface area contributed by atoms with E-state index in [1.807, 2.05) is 0 Å². The van der Waals surface area contributed by atoms with Crippen molar-refractivity contribution in [2.45, 2.75) is 36.8 Å². The van der Waals surface area contributed by atoms with Crippen molar-refractivity contribution in [2.75, 3.05) is 0 Å². The van der Waals surface area contributed by atoms with Gasteiger partial charge in [-0.15, -0.1) is 0 Å². The van der Waals surface area contributed by atoms with Crippen LogP contribution in [0.1, 0.15) is 18.4 Å². The molecule has 8 heteroatoms. The normalized spacial score (nSPS) is 30.2. The van der Waals surface area contributed by atoms with Crippen molar-refractivity contribution < 1.29 is 39.9 Å². The maximum absolute atomic E-state index is 11.8. The number of aliphatic hydroxyl groups excluding tert-OH is 2. The van der Waals surface area contributed by atoms with Crippen LogP contribution >= 0.6 is 0 Å². The second kappa shape index (κ2) is 7.00. The summed E-state index contributed by atoms with van der Waals surface area (Å²) in [6, 6.07) is 5.97. The van der Waals surface area contributed by atoms with Gasteiger partial charge in [-0.3, -0.25) is 0 Å². The largest absolute Gasteiger partial charge is 0.508 e. The molecule has 8 nitrogen and oxygen atoms in total. The molecule has 0 unspecified atom stereocenters. The Labute approximate surface area is 137 Å². The summed E-state index contributed by atoms with van der Waals surface area (Å²) in [5.41, 5.74) is -1.67. The molecule has 0 spiro atoms. The minimum atomic E-state index is -2.27. The topological polar surface area (TPSA) is 145 Å². The SMILES string of the molecule is O=C(/C=C/c1ccc(O)cc1)O[C@@H]1C[C@@](O)(C(=O)O)C[C@H](O)[C@@H]1O. The summed E-state index contributed by atoms with van der Waals surface area (Å²) >= 11 is 0. The first-order valence-electron chi connectivity index (χ1n) is 7.21. The molecule has 1 aromatic rings. The van der Waals surface area contributed by atoms with E-state index < -0.39 is 48.7 Å². The first-order chi connectivity index (χ1) is 11.2. The number of benzene rings is 1. The summed E-state index contributed by atoms with van der Waals surface area (Å²) < 4.78 is 4.96. The lowest BCUT2D eigenvalue weighted by Gasteiger charge is -2.39. The van der Waals surface area contributed by atoms with Gasteiger partial charge in [0.2, 0.25) is 0 Å². The molecule has 2 rings (SSSR count). The standard InChI is InChI=1S/C16H18O8/c17-10-4-1-9(2-5-10)3-6-13(19)24-12-8-16(23,15(21)22)7-11(18)14(12)20/h1-6,11-12,14,17-18,20,23H,7-8H2,(H,21,22)/b6-3+/t11-,12+,14-,16+/m0/s1. The van der Waals surface area contributed by atoms with Crippen LogP contribution in [0.4, 0.5) is 0 Å². The molecule has 4 atom stereocenters. The minimum Gasteiger partial charge on any atom is -0.508 e. The summed E-state index contributed by atoms with van der Waals surface area (Å²) in [5.74, 6) is -2.36. The number of aromatic hydroxyl groups is 1. The number of phenols is 1. The average molecular weight is 338 g/mol. The van der Waals surface area contributed by atoms with Crippen molar-refractivity contribution in [3.63, 3.8) is 0 Å². The second-order valence-corrected chi connectivity index (χ2v) is 5.70. The molecule has 0 saturated heterocycles. The molecule has 1 aromatic carbocycles. The lowest BCUT2D eigenvalue weighted by Crippen LogP contribution is -2.57. The highest BCUT2D eigenvalue weighted by molar-refractivity contribution is 5.87. The van der Waals surface area contributed by atoms with Gasteiger partial charge in [0.1, 0.15) is 18.0 Å². The van der Waals surface area contributed by atoms with E-state index in [0.717, 1.165) is 6.08 Å². The molecule has 24 heavy (non-hydrogen) atoms. The molecule has 1 saturated carbocycles. The Morgan fingerprint density at radius 3 is 2.38 bits per heavy atom. The molecule has 0 amide bonds.